The molecule has 0 bridgehead atoms. The fraction of sp³-hybridized carbons (Fsp3) is 0.300. The summed E-state index contributed by atoms with van der Waals surface area (Å²) >= 11 is 0. The lowest BCUT2D eigenvalue weighted by Gasteiger charge is -2.01. The molecule has 0 saturated heterocycles. The molecular formula is C10H12FNO. The summed E-state index contributed by atoms with van der Waals surface area (Å²) in [5.41, 5.74) is 6.26. The highest BCUT2D eigenvalue weighted by molar-refractivity contribution is 5.96. The molecule has 0 aliphatic heterocycles. The van der Waals surface area contributed by atoms with Gasteiger partial charge in [-0.25, -0.2) is 4.39 Å². The predicted octanol–water partition coefficient (Wildman–Crippen LogP) is 1.67. The molecule has 0 aliphatic carbocycles. The number of aryl methyl sites for hydroxylation is 1. The van der Waals surface area contributed by atoms with Crippen LogP contribution in [-0.4, -0.2) is 12.3 Å². The molecule has 0 radical (unpaired) electrons. The molecule has 0 aliphatic rings. The van der Waals surface area contributed by atoms with Gasteiger partial charge in [-0.1, -0.05) is 0 Å². The van der Waals surface area contributed by atoms with Crippen molar-refractivity contribution < 1.29 is 9.18 Å². The van der Waals surface area contributed by atoms with E-state index in [1.54, 1.807) is 13.0 Å². The first-order valence-electron chi connectivity index (χ1n) is 4.14. The first-order chi connectivity index (χ1) is 6.15. The average molecular weight is 181 g/mol. The Hall–Kier alpha value is -1.22. The number of benzene rings is 1. The minimum atomic E-state index is -0.288. The minimum absolute atomic E-state index is 0.0365. The number of rotatable bonds is 3. The van der Waals surface area contributed by atoms with E-state index in [9.17, 15) is 9.18 Å². The van der Waals surface area contributed by atoms with Gasteiger partial charge in [0, 0.05) is 12.0 Å². The van der Waals surface area contributed by atoms with Crippen LogP contribution in [0.4, 0.5) is 4.39 Å². The van der Waals surface area contributed by atoms with Crippen molar-refractivity contribution in [2.75, 3.05) is 6.54 Å². The highest BCUT2D eigenvalue weighted by atomic mass is 19.1. The highest BCUT2D eigenvalue weighted by Gasteiger charge is 2.06. The Morgan fingerprint density at radius 1 is 1.54 bits per heavy atom. The van der Waals surface area contributed by atoms with Crippen LogP contribution < -0.4 is 5.73 Å². The smallest absolute Gasteiger partial charge is 0.164 e. The molecule has 0 heterocycles. The predicted molar refractivity (Wildman–Crippen MR) is 49.1 cm³/mol. The van der Waals surface area contributed by atoms with Crippen molar-refractivity contribution in [2.24, 2.45) is 5.73 Å². The third-order valence-electron chi connectivity index (χ3n) is 1.85. The molecule has 2 N–H and O–H groups in total. The number of nitrogens with two attached hydrogens (primary N) is 1. The van der Waals surface area contributed by atoms with Crippen LogP contribution in [0.2, 0.25) is 0 Å². The summed E-state index contributed by atoms with van der Waals surface area (Å²) in [6.45, 7) is 1.96. The summed E-state index contributed by atoms with van der Waals surface area (Å²) < 4.78 is 12.8. The molecule has 0 saturated carbocycles. The fourth-order valence-electron chi connectivity index (χ4n) is 1.09. The zero-order chi connectivity index (χ0) is 9.84. The molecule has 2 nitrogen and oxygen atoms in total. The van der Waals surface area contributed by atoms with Crippen molar-refractivity contribution in [3.63, 3.8) is 0 Å². The molecule has 13 heavy (non-hydrogen) atoms. The second kappa shape index (κ2) is 4.14. The van der Waals surface area contributed by atoms with Crippen molar-refractivity contribution in [1.82, 2.24) is 0 Å². The summed E-state index contributed by atoms with van der Waals surface area (Å²) in [4.78, 5) is 11.3. The Kier molecular flexibility index (Phi) is 3.14. The van der Waals surface area contributed by atoms with Gasteiger partial charge in [-0.2, -0.15) is 0 Å². The second-order valence-electron chi connectivity index (χ2n) is 2.93. The van der Waals surface area contributed by atoms with E-state index in [2.05, 4.69) is 0 Å². The van der Waals surface area contributed by atoms with Crippen LogP contribution in [0.1, 0.15) is 22.3 Å². The summed E-state index contributed by atoms with van der Waals surface area (Å²) in [6, 6.07) is 4.34. The molecule has 70 valence electrons. The van der Waals surface area contributed by atoms with Crippen LogP contribution in [0.15, 0.2) is 18.2 Å². The number of carbonyl (C=O) groups is 1. The Labute approximate surface area is 76.6 Å². The fourth-order valence-corrected chi connectivity index (χ4v) is 1.09. The van der Waals surface area contributed by atoms with Gasteiger partial charge in [0.25, 0.3) is 0 Å². The van der Waals surface area contributed by atoms with Gasteiger partial charge >= 0.3 is 0 Å². The maximum atomic E-state index is 12.8. The first kappa shape index (κ1) is 9.86. The van der Waals surface area contributed by atoms with Gasteiger partial charge < -0.3 is 5.73 Å². The molecule has 0 amide bonds. The number of halogens is 1. The standard InChI is InChI=1S/C10H12FNO/c1-7-6-8(2-3-9(7)11)10(13)4-5-12/h2-3,6H,4-5,12H2,1H3. The molecule has 0 fully saturated rings. The molecule has 0 atom stereocenters. The third kappa shape index (κ3) is 2.36. The monoisotopic (exact) mass is 181 g/mol. The number of ketones is 1. The van der Waals surface area contributed by atoms with Gasteiger partial charge in [0.1, 0.15) is 5.82 Å². The number of hydrogen-bond acceptors (Lipinski definition) is 2. The minimum Gasteiger partial charge on any atom is -0.330 e. The van der Waals surface area contributed by atoms with E-state index in [0.717, 1.165) is 0 Å². The Balaban J connectivity index is 2.90. The lowest BCUT2D eigenvalue weighted by atomic mass is 10.1. The molecule has 0 aromatic heterocycles. The zero-order valence-corrected chi connectivity index (χ0v) is 7.51. The van der Waals surface area contributed by atoms with E-state index in [0.29, 0.717) is 24.1 Å². The maximum absolute atomic E-state index is 12.8. The molecular weight excluding hydrogens is 169 g/mol. The van der Waals surface area contributed by atoms with Crippen molar-refractivity contribution in [1.29, 1.82) is 0 Å². The van der Waals surface area contributed by atoms with Crippen LogP contribution in [-0.2, 0) is 0 Å². The van der Waals surface area contributed by atoms with E-state index < -0.39 is 0 Å². The zero-order valence-electron chi connectivity index (χ0n) is 7.51. The molecule has 1 aromatic carbocycles. The van der Waals surface area contributed by atoms with Gasteiger partial charge in [0.15, 0.2) is 5.78 Å². The SMILES string of the molecule is Cc1cc(C(=O)CCN)ccc1F. The van der Waals surface area contributed by atoms with Crippen LogP contribution in [0.3, 0.4) is 0 Å². The number of carbonyl (C=O) groups excluding carboxylic acids is 1. The maximum Gasteiger partial charge on any atom is 0.164 e. The topological polar surface area (TPSA) is 43.1 Å². The number of Topliss-reactive ketones (excluding diaryl/α,β-unsaturated/α-hetero) is 1. The average Bonchev–Trinajstić information content (AvgIpc) is 2.10. The van der Waals surface area contributed by atoms with E-state index in [1.165, 1.54) is 12.1 Å². The Morgan fingerprint density at radius 3 is 2.77 bits per heavy atom. The lowest BCUT2D eigenvalue weighted by molar-refractivity contribution is 0.0985. The quantitative estimate of drug-likeness (QED) is 0.721. The normalized spacial score (nSPS) is 10.1. The van der Waals surface area contributed by atoms with E-state index in [4.69, 9.17) is 5.73 Å². The van der Waals surface area contributed by atoms with Gasteiger partial charge in [0.2, 0.25) is 0 Å². The van der Waals surface area contributed by atoms with Gasteiger partial charge in [0.05, 0.1) is 0 Å². The number of hydrogen-bond donors (Lipinski definition) is 1. The van der Waals surface area contributed by atoms with E-state index >= 15 is 0 Å². The van der Waals surface area contributed by atoms with Crippen LogP contribution in [0.25, 0.3) is 0 Å². The highest BCUT2D eigenvalue weighted by Crippen LogP contribution is 2.10. The van der Waals surface area contributed by atoms with E-state index in [1.807, 2.05) is 0 Å². The van der Waals surface area contributed by atoms with Gasteiger partial charge in [-0.3, -0.25) is 4.79 Å². The van der Waals surface area contributed by atoms with Crippen molar-refractivity contribution in [3.8, 4) is 0 Å². The largest absolute Gasteiger partial charge is 0.330 e. The summed E-state index contributed by atoms with van der Waals surface area (Å²) in [5.74, 6) is -0.324. The summed E-state index contributed by atoms with van der Waals surface area (Å²) in [7, 11) is 0. The van der Waals surface area contributed by atoms with Gasteiger partial charge in [-0.15, -0.1) is 0 Å². The van der Waals surface area contributed by atoms with Crippen molar-refractivity contribution in [3.05, 3.63) is 35.1 Å². The summed E-state index contributed by atoms with van der Waals surface area (Å²) in [5, 5.41) is 0. The van der Waals surface area contributed by atoms with Crippen molar-refractivity contribution >= 4 is 5.78 Å². The van der Waals surface area contributed by atoms with Crippen LogP contribution in [0.5, 0.6) is 0 Å². The van der Waals surface area contributed by atoms with E-state index in [-0.39, 0.29) is 11.6 Å². The third-order valence-corrected chi connectivity index (χ3v) is 1.85. The Bertz CT molecular complexity index is 323. The Morgan fingerprint density at radius 2 is 2.23 bits per heavy atom. The lowest BCUT2D eigenvalue weighted by Crippen LogP contribution is -2.08. The molecule has 3 heteroatoms. The molecule has 0 spiro atoms. The first-order valence-corrected chi connectivity index (χ1v) is 4.14. The summed E-state index contributed by atoms with van der Waals surface area (Å²) in [6.07, 6.45) is 0.311. The molecule has 1 rings (SSSR count). The molecule has 1 aromatic rings. The second-order valence-corrected chi connectivity index (χ2v) is 2.93. The van der Waals surface area contributed by atoms with Crippen LogP contribution in [0, 0.1) is 12.7 Å². The van der Waals surface area contributed by atoms with Crippen LogP contribution >= 0.6 is 0 Å². The van der Waals surface area contributed by atoms with Crippen molar-refractivity contribution in [2.45, 2.75) is 13.3 Å². The van der Waals surface area contributed by atoms with Gasteiger partial charge in [-0.05, 0) is 37.2 Å². The molecule has 0 unspecified atom stereocenters.